The van der Waals surface area contributed by atoms with E-state index in [4.69, 9.17) is 16.3 Å². The van der Waals surface area contributed by atoms with E-state index in [0.29, 0.717) is 55.7 Å². The average Bonchev–Trinajstić information content (AvgIpc) is 3.28. The maximum atomic E-state index is 14.0. The molecule has 2 aromatic rings. The molecule has 3 saturated heterocycles. The number of piperazine rings is 1. The minimum atomic E-state index is -4.64. The number of ether oxygens (including phenoxy) is 1. The van der Waals surface area contributed by atoms with Crippen LogP contribution in [-0.4, -0.2) is 104 Å². The first-order valence-corrected chi connectivity index (χ1v) is 14.6. The Morgan fingerprint density at radius 3 is 2.63 bits per heavy atom. The first-order chi connectivity index (χ1) is 20.4. The van der Waals surface area contributed by atoms with Crippen molar-refractivity contribution in [2.45, 2.75) is 31.6 Å². The maximum absolute atomic E-state index is 14.0. The summed E-state index contributed by atoms with van der Waals surface area (Å²) < 4.78 is 46.5. The number of carbonyl (C=O) groups excluding carboxylic acids is 3. The van der Waals surface area contributed by atoms with Crippen molar-refractivity contribution < 1.29 is 32.3 Å². The topological polar surface area (TPSA) is 89.5 Å². The summed E-state index contributed by atoms with van der Waals surface area (Å²) in [5.74, 6) is -1.59. The molecule has 3 fully saturated rings. The molecule has 1 aromatic heterocycles. The monoisotopic (exact) mass is 620 g/mol. The summed E-state index contributed by atoms with van der Waals surface area (Å²) >= 11 is 6.73. The van der Waals surface area contributed by atoms with Crippen LogP contribution in [0, 0.1) is 12.8 Å². The van der Waals surface area contributed by atoms with E-state index in [2.05, 4.69) is 14.8 Å². The summed E-state index contributed by atoms with van der Waals surface area (Å²) in [6, 6.07) is 5.94. The zero-order valence-electron chi connectivity index (χ0n) is 23.8. The summed E-state index contributed by atoms with van der Waals surface area (Å²) in [6.07, 6.45) is -4.67. The number of fused-ring (bicyclic) bond motifs is 3. The molecular formula is C29H32ClF3N6O4. The third-order valence-electron chi connectivity index (χ3n) is 8.73. The molecule has 0 radical (unpaired) electrons. The quantitative estimate of drug-likeness (QED) is 0.520. The van der Waals surface area contributed by atoms with Crippen LogP contribution in [0.2, 0.25) is 5.02 Å². The number of hydrogen-bond donors (Lipinski definition) is 0. The van der Waals surface area contributed by atoms with E-state index in [0.717, 1.165) is 17.0 Å². The Morgan fingerprint density at radius 1 is 1.07 bits per heavy atom. The molecular weight excluding hydrogens is 589 g/mol. The second-order valence-corrected chi connectivity index (χ2v) is 11.9. The lowest BCUT2D eigenvalue weighted by atomic mass is 9.95. The lowest BCUT2D eigenvalue weighted by Gasteiger charge is -2.44. The molecule has 3 atom stereocenters. The molecule has 6 rings (SSSR count). The highest BCUT2D eigenvalue weighted by Crippen LogP contribution is 2.43. The number of alkyl halides is 3. The van der Waals surface area contributed by atoms with Gasteiger partial charge in [0.15, 0.2) is 0 Å². The molecule has 5 heterocycles. The lowest BCUT2D eigenvalue weighted by Crippen LogP contribution is -2.61. The van der Waals surface area contributed by atoms with Gasteiger partial charge in [-0.05, 0) is 31.2 Å². The average molecular weight is 621 g/mol. The van der Waals surface area contributed by atoms with Crippen molar-refractivity contribution in [1.82, 2.24) is 14.8 Å². The Bertz CT molecular complexity index is 1460. The molecule has 10 nitrogen and oxygen atoms in total. The van der Waals surface area contributed by atoms with Gasteiger partial charge in [-0.3, -0.25) is 24.2 Å². The summed E-state index contributed by atoms with van der Waals surface area (Å²) in [5, 5.41) is 0.447. The van der Waals surface area contributed by atoms with E-state index < -0.39 is 35.5 Å². The molecule has 0 N–H and O–H groups in total. The molecule has 0 spiro atoms. The molecule has 4 aliphatic heterocycles. The number of aryl methyl sites for hydroxylation is 1. The van der Waals surface area contributed by atoms with Gasteiger partial charge < -0.3 is 19.4 Å². The van der Waals surface area contributed by atoms with Gasteiger partial charge in [-0.15, -0.1) is 0 Å². The van der Waals surface area contributed by atoms with E-state index in [1.54, 1.807) is 25.2 Å². The minimum Gasteiger partial charge on any atom is -0.369 e. The zero-order valence-corrected chi connectivity index (χ0v) is 24.6. The Labute approximate surface area is 251 Å². The number of hydrogen-bond acceptors (Lipinski definition) is 7. The fourth-order valence-electron chi connectivity index (χ4n) is 6.69. The van der Waals surface area contributed by atoms with E-state index >= 15 is 0 Å². The molecule has 4 aliphatic rings. The summed E-state index contributed by atoms with van der Waals surface area (Å²) in [7, 11) is 1.59. The van der Waals surface area contributed by atoms with Gasteiger partial charge in [0, 0.05) is 64.3 Å². The molecule has 0 bridgehead atoms. The van der Waals surface area contributed by atoms with Crippen LogP contribution in [0.1, 0.15) is 17.7 Å². The first-order valence-electron chi connectivity index (χ1n) is 14.2. The standard InChI is InChI=1S/C29H32ClF3N6O4/c1-17-10-19(29(31,32)33)12-23(34-17)39-24(40)11-18-13-37(8-6-36-7-9-38-20(14-36)15-43-16-25(38)41)27-21(30)4-3-5-22(27)35(2)28(42)26(18)39/h3-5,10,12,18,20,26H,6-9,11,13-16H2,1-2H3/t18-,20-,26+/m1/s1. The molecule has 3 amide bonds. The maximum Gasteiger partial charge on any atom is 0.416 e. The molecule has 1 aromatic carbocycles. The predicted octanol–water partition coefficient (Wildman–Crippen LogP) is 2.81. The summed E-state index contributed by atoms with van der Waals surface area (Å²) in [6.45, 7) is 5.42. The number of para-hydroxylation sites is 1. The highest BCUT2D eigenvalue weighted by Gasteiger charge is 2.49. The van der Waals surface area contributed by atoms with Crippen LogP contribution in [0.5, 0.6) is 0 Å². The number of carbonyl (C=O) groups is 3. The second-order valence-electron chi connectivity index (χ2n) is 11.5. The SMILES string of the molecule is Cc1cc(C(F)(F)F)cc(N2C(=O)C[C@@H]3CN(CCN4CCN5C(=O)COC[C@H]5C4)c4c(Cl)cccc4N(C)C(=O)[C@H]32)n1. The molecule has 0 saturated carbocycles. The second kappa shape index (κ2) is 11.3. The van der Waals surface area contributed by atoms with Crippen LogP contribution in [0.25, 0.3) is 0 Å². The van der Waals surface area contributed by atoms with Gasteiger partial charge in [0.2, 0.25) is 17.7 Å². The van der Waals surface area contributed by atoms with Crippen molar-refractivity contribution in [1.29, 1.82) is 0 Å². The van der Waals surface area contributed by atoms with Crippen molar-refractivity contribution in [3.63, 3.8) is 0 Å². The number of nitrogens with zero attached hydrogens (tertiary/aromatic N) is 6. The van der Waals surface area contributed by atoms with Crippen molar-refractivity contribution in [3.8, 4) is 0 Å². The number of aromatic nitrogens is 1. The largest absolute Gasteiger partial charge is 0.416 e. The number of rotatable bonds is 4. The van der Waals surface area contributed by atoms with Gasteiger partial charge in [-0.1, -0.05) is 17.7 Å². The van der Waals surface area contributed by atoms with Crippen LogP contribution < -0.4 is 14.7 Å². The first kappa shape index (κ1) is 29.6. The number of likely N-dealkylation sites (N-methyl/N-ethyl adjacent to an activating group) is 1. The number of anilines is 3. The van der Waals surface area contributed by atoms with E-state index in [1.165, 1.54) is 11.8 Å². The van der Waals surface area contributed by atoms with Crippen molar-refractivity contribution in [3.05, 3.63) is 46.6 Å². The van der Waals surface area contributed by atoms with Crippen molar-refractivity contribution >= 4 is 46.5 Å². The summed E-state index contributed by atoms with van der Waals surface area (Å²) in [5.41, 5.74) is 0.366. The number of morpholine rings is 1. The molecule has 14 heteroatoms. The lowest BCUT2D eigenvalue weighted by molar-refractivity contribution is -0.152. The van der Waals surface area contributed by atoms with Crippen LogP contribution >= 0.6 is 11.6 Å². The van der Waals surface area contributed by atoms with E-state index in [9.17, 15) is 27.6 Å². The number of pyridine rings is 1. The van der Waals surface area contributed by atoms with Crippen molar-refractivity contribution in [2.75, 3.05) is 74.2 Å². The number of benzene rings is 1. The molecule has 43 heavy (non-hydrogen) atoms. The minimum absolute atomic E-state index is 0.0000298. The predicted molar refractivity (Wildman–Crippen MR) is 153 cm³/mol. The van der Waals surface area contributed by atoms with Crippen LogP contribution in [0.4, 0.5) is 30.4 Å². The Morgan fingerprint density at radius 2 is 1.86 bits per heavy atom. The third-order valence-corrected chi connectivity index (χ3v) is 9.04. The third kappa shape index (κ3) is 5.53. The van der Waals surface area contributed by atoms with Gasteiger partial charge in [0.1, 0.15) is 18.5 Å². The Balaban J connectivity index is 1.31. The van der Waals surface area contributed by atoms with Gasteiger partial charge >= 0.3 is 6.18 Å². The fraction of sp³-hybridized carbons (Fsp3) is 0.517. The number of amides is 3. The van der Waals surface area contributed by atoms with Crippen LogP contribution in [0.3, 0.4) is 0 Å². The van der Waals surface area contributed by atoms with E-state index in [1.807, 2.05) is 4.90 Å². The van der Waals surface area contributed by atoms with E-state index in [-0.39, 0.29) is 43.0 Å². The van der Waals surface area contributed by atoms with Gasteiger partial charge in [-0.25, -0.2) is 4.98 Å². The highest BCUT2D eigenvalue weighted by atomic mass is 35.5. The molecule has 0 aliphatic carbocycles. The van der Waals surface area contributed by atoms with Crippen molar-refractivity contribution in [2.24, 2.45) is 5.92 Å². The van der Waals surface area contributed by atoms with Gasteiger partial charge in [0.05, 0.1) is 34.6 Å². The van der Waals surface area contributed by atoms with Crippen LogP contribution in [0.15, 0.2) is 30.3 Å². The molecule has 0 unspecified atom stereocenters. The Kier molecular flexibility index (Phi) is 7.76. The fourth-order valence-corrected chi connectivity index (χ4v) is 6.98. The zero-order chi connectivity index (χ0) is 30.6. The Hall–Kier alpha value is -3.42. The smallest absolute Gasteiger partial charge is 0.369 e. The summed E-state index contributed by atoms with van der Waals surface area (Å²) in [4.78, 5) is 52.7. The van der Waals surface area contributed by atoms with Gasteiger partial charge in [0.25, 0.3) is 0 Å². The van der Waals surface area contributed by atoms with Crippen LogP contribution in [-0.2, 0) is 25.3 Å². The highest BCUT2D eigenvalue weighted by molar-refractivity contribution is 6.34. The normalized spacial score (nSPS) is 25.0. The number of halogens is 4. The molecule has 230 valence electrons. The van der Waals surface area contributed by atoms with Gasteiger partial charge in [-0.2, -0.15) is 13.2 Å².